The molecule has 0 heterocycles. The summed E-state index contributed by atoms with van der Waals surface area (Å²) in [5, 5.41) is 0. The molecule has 0 fully saturated rings. The van der Waals surface area contributed by atoms with Crippen LogP contribution in [0.5, 0.6) is 17.2 Å². The molecule has 0 bridgehead atoms. The molecule has 2 rings (SSSR count). The van der Waals surface area contributed by atoms with E-state index in [1.807, 2.05) is 20.8 Å². The fourth-order valence-corrected chi connectivity index (χ4v) is 3.41. The third-order valence-electron chi connectivity index (χ3n) is 6.40. The van der Waals surface area contributed by atoms with Crippen molar-refractivity contribution >= 4 is 24.0 Å². The first-order valence-corrected chi connectivity index (χ1v) is 13.8. The number of hydrogen-bond acceptors (Lipinski definition) is 9. The Morgan fingerprint density at radius 3 is 2.17 bits per heavy atom. The Kier molecular flexibility index (Phi) is 14.4. The summed E-state index contributed by atoms with van der Waals surface area (Å²) < 4.78 is 31.8. The van der Waals surface area contributed by atoms with Crippen LogP contribution in [0.1, 0.15) is 68.8 Å². The van der Waals surface area contributed by atoms with E-state index in [0.717, 1.165) is 32.1 Å². The summed E-state index contributed by atoms with van der Waals surface area (Å²) in [6.45, 7) is 7.26. The van der Waals surface area contributed by atoms with E-state index in [1.165, 1.54) is 20.3 Å². The zero-order valence-electron chi connectivity index (χ0n) is 24.7. The van der Waals surface area contributed by atoms with Gasteiger partial charge in [-0.15, -0.1) is 0 Å². The molecule has 0 saturated heterocycles. The first-order chi connectivity index (χ1) is 19.7. The van der Waals surface area contributed by atoms with Gasteiger partial charge in [-0.1, -0.05) is 13.0 Å². The Morgan fingerprint density at radius 1 is 0.805 bits per heavy atom. The fourth-order valence-electron chi connectivity index (χ4n) is 3.41. The van der Waals surface area contributed by atoms with Crippen LogP contribution in [0.4, 0.5) is 0 Å². The monoisotopic (exact) mass is 570 g/mol. The SMILES string of the molecule is CCC(C)(C)C(=O)OCCCCCCOc1ccc(C(=O)Oc2ccc(/C=C/C(=O)OCCOC)cc2OC)cc1. The van der Waals surface area contributed by atoms with Crippen molar-refractivity contribution in [3.63, 3.8) is 0 Å². The molecule has 0 aliphatic carbocycles. The molecular weight excluding hydrogens is 528 g/mol. The molecule has 2 aromatic carbocycles. The number of rotatable bonds is 18. The van der Waals surface area contributed by atoms with Gasteiger partial charge in [-0.3, -0.25) is 4.79 Å². The number of ether oxygens (including phenoxy) is 6. The maximum Gasteiger partial charge on any atom is 0.343 e. The van der Waals surface area contributed by atoms with Crippen LogP contribution in [-0.2, 0) is 23.8 Å². The summed E-state index contributed by atoms with van der Waals surface area (Å²) in [5.41, 5.74) is 0.606. The minimum absolute atomic E-state index is 0.143. The van der Waals surface area contributed by atoms with Crippen molar-refractivity contribution in [1.82, 2.24) is 0 Å². The Labute approximate surface area is 242 Å². The van der Waals surface area contributed by atoms with Gasteiger partial charge in [-0.05, 0) is 94.0 Å². The number of hydrogen-bond donors (Lipinski definition) is 0. The molecule has 41 heavy (non-hydrogen) atoms. The van der Waals surface area contributed by atoms with E-state index in [2.05, 4.69) is 0 Å². The Balaban J connectivity index is 1.75. The van der Waals surface area contributed by atoms with Gasteiger partial charge < -0.3 is 28.4 Å². The summed E-state index contributed by atoms with van der Waals surface area (Å²) in [7, 11) is 2.99. The van der Waals surface area contributed by atoms with E-state index >= 15 is 0 Å². The summed E-state index contributed by atoms with van der Waals surface area (Å²) in [4.78, 5) is 36.4. The number of methoxy groups -OCH3 is 2. The highest BCUT2D eigenvalue weighted by Gasteiger charge is 2.26. The Morgan fingerprint density at radius 2 is 1.51 bits per heavy atom. The summed E-state index contributed by atoms with van der Waals surface area (Å²) in [6.07, 6.45) is 7.25. The van der Waals surface area contributed by atoms with Crippen molar-refractivity contribution in [2.24, 2.45) is 5.41 Å². The highest BCUT2D eigenvalue weighted by atomic mass is 16.6. The van der Waals surface area contributed by atoms with Crippen molar-refractivity contribution < 1.29 is 42.8 Å². The normalized spacial score (nSPS) is 11.2. The zero-order chi connectivity index (χ0) is 30.1. The molecule has 2 aromatic rings. The van der Waals surface area contributed by atoms with Crippen LogP contribution in [0.3, 0.4) is 0 Å². The van der Waals surface area contributed by atoms with Crippen molar-refractivity contribution in [3.05, 3.63) is 59.7 Å². The predicted molar refractivity (Wildman–Crippen MR) is 155 cm³/mol. The summed E-state index contributed by atoms with van der Waals surface area (Å²) >= 11 is 0. The average molecular weight is 571 g/mol. The zero-order valence-corrected chi connectivity index (χ0v) is 24.7. The van der Waals surface area contributed by atoms with Gasteiger partial charge in [0.25, 0.3) is 0 Å². The second kappa shape index (κ2) is 17.8. The van der Waals surface area contributed by atoms with Crippen LogP contribution < -0.4 is 14.2 Å². The number of carbonyl (C=O) groups excluding carboxylic acids is 3. The van der Waals surface area contributed by atoms with Crippen molar-refractivity contribution in [3.8, 4) is 17.2 Å². The molecule has 0 radical (unpaired) electrons. The smallest absolute Gasteiger partial charge is 0.343 e. The molecule has 0 aliphatic rings. The lowest BCUT2D eigenvalue weighted by molar-refractivity contribution is -0.154. The van der Waals surface area contributed by atoms with Crippen LogP contribution in [0, 0.1) is 5.41 Å². The average Bonchev–Trinajstić information content (AvgIpc) is 2.98. The van der Waals surface area contributed by atoms with Crippen LogP contribution in [-0.4, -0.2) is 58.6 Å². The van der Waals surface area contributed by atoms with E-state index in [0.29, 0.717) is 42.4 Å². The molecule has 0 spiro atoms. The van der Waals surface area contributed by atoms with Gasteiger partial charge in [0.2, 0.25) is 0 Å². The van der Waals surface area contributed by atoms with Gasteiger partial charge in [-0.2, -0.15) is 0 Å². The fraction of sp³-hybridized carbons (Fsp3) is 0.469. The lowest BCUT2D eigenvalue weighted by Gasteiger charge is -2.20. The third kappa shape index (κ3) is 12.0. The lowest BCUT2D eigenvalue weighted by Crippen LogP contribution is -2.26. The van der Waals surface area contributed by atoms with E-state index in [1.54, 1.807) is 48.5 Å². The first kappa shape index (κ1) is 33.4. The van der Waals surface area contributed by atoms with Crippen LogP contribution in [0.2, 0.25) is 0 Å². The van der Waals surface area contributed by atoms with Gasteiger partial charge >= 0.3 is 17.9 Å². The molecule has 0 amide bonds. The molecule has 0 atom stereocenters. The largest absolute Gasteiger partial charge is 0.494 e. The number of carbonyl (C=O) groups is 3. The molecule has 0 unspecified atom stereocenters. The molecule has 9 heteroatoms. The molecule has 0 aliphatic heterocycles. The van der Waals surface area contributed by atoms with Crippen LogP contribution >= 0.6 is 0 Å². The second-order valence-corrected chi connectivity index (χ2v) is 9.95. The number of benzene rings is 2. The van der Waals surface area contributed by atoms with Gasteiger partial charge in [0.1, 0.15) is 12.4 Å². The first-order valence-electron chi connectivity index (χ1n) is 13.8. The number of unbranched alkanes of at least 4 members (excludes halogenated alkanes) is 3. The molecule has 9 nitrogen and oxygen atoms in total. The van der Waals surface area contributed by atoms with Crippen molar-refractivity contribution in [1.29, 1.82) is 0 Å². The minimum atomic E-state index is -0.539. The van der Waals surface area contributed by atoms with Crippen LogP contribution in [0.25, 0.3) is 6.08 Å². The summed E-state index contributed by atoms with van der Waals surface area (Å²) in [6, 6.07) is 11.7. The standard InChI is InChI=1S/C32H42O9/c1-6-32(2,3)31(35)40-20-10-8-7-9-19-38-26-15-13-25(14-16-26)30(34)41-27-17-11-24(23-28(27)37-5)12-18-29(33)39-22-21-36-4/h11-18,23H,6-10,19-22H2,1-5H3/b18-12+. The highest BCUT2D eigenvalue weighted by molar-refractivity contribution is 5.91. The van der Waals surface area contributed by atoms with Gasteiger partial charge in [0, 0.05) is 13.2 Å². The molecule has 0 aromatic heterocycles. The maximum atomic E-state index is 12.7. The maximum absolute atomic E-state index is 12.7. The van der Waals surface area contributed by atoms with E-state index in [4.69, 9.17) is 28.4 Å². The van der Waals surface area contributed by atoms with Gasteiger partial charge in [0.15, 0.2) is 11.5 Å². The topological polar surface area (TPSA) is 107 Å². The molecule has 0 N–H and O–H groups in total. The van der Waals surface area contributed by atoms with Gasteiger partial charge in [0.05, 0.1) is 37.9 Å². The highest BCUT2D eigenvalue weighted by Crippen LogP contribution is 2.29. The Bertz CT molecular complexity index is 1140. The molecular formula is C32H42O9. The summed E-state index contributed by atoms with van der Waals surface area (Å²) in [5.74, 6) is 0.0814. The van der Waals surface area contributed by atoms with Crippen molar-refractivity contribution in [2.75, 3.05) is 40.6 Å². The van der Waals surface area contributed by atoms with E-state index in [9.17, 15) is 14.4 Å². The third-order valence-corrected chi connectivity index (χ3v) is 6.40. The van der Waals surface area contributed by atoms with E-state index < -0.39 is 17.4 Å². The second-order valence-electron chi connectivity index (χ2n) is 9.95. The lowest BCUT2D eigenvalue weighted by atomic mass is 9.91. The quantitative estimate of drug-likeness (QED) is 0.0918. The molecule has 224 valence electrons. The number of esters is 3. The van der Waals surface area contributed by atoms with Crippen LogP contribution in [0.15, 0.2) is 48.5 Å². The Hall–Kier alpha value is -3.85. The van der Waals surface area contributed by atoms with Crippen molar-refractivity contribution in [2.45, 2.75) is 52.9 Å². The van der Waals surface area contributed by atoms with E-state index in [-0.39, 0.29) is 18.3 Å². The molecule has 0 saturated carbocycles. The minimum Gasteiger partial charge on any atom is -0.494 e. The predicted octanol–water partition coefficient (Wildman–Crippen LogP) is 6.04. The van der Waals surface area contributed by atoms with Gasteiger partial charge in [-0.25, -0.2) is 9.59 Å².